The Morgan fingerprint density at radius 3 is 2.48 bits per heavy atom. The van der Waals surface area contributed by atoms with Crippen molar-refractivity contribution < 1.29 is 4.79 Å². The molecule has 1 fully saturated rings. The molecule has 0 radical (unpaired) electrons. The van der Waals surface area contributed by atoms with E-state index in [1.807, 2.05) is 19.9 Å². The fourth-order valence-electron chi connectivity index (χ4n) is 4.20. The topological polar surface area (TPSA) is 77.1 Å². The van der Waals surface area contributed by atoms with E-state index in [2.05, 4.69) is 50.8 Å². The van der Waals surface area contributed by atoms with Gasteiger partial charge in [-0.15, -0.1) is 5.10 Å². The number of hydrogen-bond donors (Lipinski definition) is 1. The predicted octanol–water partition coefficient (Wildman–Crippen LogP) is 4.08. The summed E-state index contributed by atoms with van der Waals surface area (Å²) in [6.07, 6.45) is 4.06. The third-order valence-corrected chi connectivity index (χ3v) is 6.85. The highest BCUT2D eigenvalue weighted by molar-refractivity contribution is 8.26. The molecule has 1 saturated heterocycles. The van der Waals surface area contributed by atoms with E-state index in [-0.39, 0.29) is 17.3 Å². The summed E-state index contributed by atoms with van der Waals surface area (Å²) in [6.45, 7) is 8.06. The summed E-state index contributed by atoms with van der Waals surface area (Å²) >= 11 is 1.37. The maximum atomic E-state index is 12.8. The average Bonchev–Trinajstić information content (AvgIpc) is 3.46. The molecule has 3 aliphatic heterocycles. The van der Waals surface area contributed by atoms with E-state index in [0.29, 0.717) is 5.17 Å². The monoisotopic (exact) mass is 432 g/mol. The van der Waals surface area contributed by atoms with Crippen LogP contribution in [0.1, 0.15) is 35.4 Å². The number of nitrogens with zero attached hydrogens (tertiary/aromatic N) is 5. The van der Waals surface area contributed by atoms with Gasteiger partial charge >= 0.3 is 0 Å². The number of rotatable bonds is 2. The Morgan fingerprint density at radius 1 is 1.06 bits per heavy atom. The molecule has 3 aliphatic rings. The molecule has 5 rings (SSSR count). The number of carbonyl (C=O) groups excluding carboxylic acids is 1. The molecule has 31 heavy (non-hydrogen) atoms. The molecular formula is C23H24N6OS. The SMILES string of the molecule is Cc1ccc(-n2c(C)cc(/C=C3\C(=N)N4N=C(N5CCCC5)SC4=NC3=O)c2C)cc1. The van der Waals surface area contributed by atoms with Crippen molar-refractivity contribution in [3.8, 4) is 5.69 Å². The number of benzene rings is 1. The number of amidine groups is 3. The van der Waals surface area contributed by atoms with Crippen LogP contribution in [0.15, 0.2) is 46.0 Å². The first-order valence-electron chi connectivity index (χ1n) is 10.4. The first-order valence-corrected chi connectivity index (χ1v) is 11.2. The molecule has 0 atom stereocenters. The van der Waals surface area contributed by atoms with Crippen LogP contribution in [-0.2, 0) is 4.79 Å². The highest BCUT2D eigenvalue weighted by Crippen LogP contribution is 2.31. The van der Waals surface area contributed by atoms with Gasteiger partial charge < -0.3 is 9.47 Å². The minimum absolute atomic E-state index is 0.0804. The highest BCUT2D eigenvalue weighted by atomic mass is 32.2. The largest absolute Gasteiger partial charge is 0.349 e. The van der Waals surface area contributed by atoms with Crippen molar-refractivity contribution >= 4 is 39.9 Å². The van der Waals surface area contributed by atoms with Crippen LogP contribution in [0, 0.1) is 26.2 Å². The number of amides is 1. The first-order chi connectivity index (χ1) is 14.9. The number of fused-ring (bicyclic) bond motifs is 1. The number of carbonyl (C=O) groups is 1. The summed E-state index contributed by atoms with van der Waals surface area (Å²) in [5, 5.41) is 16.0. The Balaban J connectivity index is 1.49. The average molecular weight is 433 g/mol. The second-order valence-electron chi connectivity index (χ2n) is 8.09. The molecule has 1 aromatic carbocycles. The van der Waals surface area contributed by atoms with Crippen LogP contribution in [0.2, 0.25) is 0 Å². The van der Waals surface area contributed by atoms with E-state index in [1.165, 1.54) is 22.3 Å². The van der Waals surface area contributed by atoms with Gasteiger partial charge in [0.2, 0.25) is 5.17 Å². The van der Waals surface area contributed by atoms with E-state index in [0.717, 1.165) is 53.7 Å². The van der Waals surface area contributed by atoms with Gasteiger partial charge in [0, 0.05) is 30.2 Å². The van der Waals surface area contributed by atoms with Gasteiger partial charge in [0.25, 0.3) is 5.91 Å². The van der Waals surface area contributed by atoms with Crippen LogP contribution in [0.25, 0.3) is 11.8 Å². The molecule has 2 aromatic rings. The van der Waals surface area contributed by atoms with Gasteiger partial charge in [0.1, 0.15) is 0 Å². The number of hydrazone groups is 1. The molecule has 8 heteroatoms. The summed E-state index contributed by atoms with van der Waals surface area (Å²) in [7, 11) is 0. The minimum Gasteiger partial charge on any atom is -0.349 e. The zero-order chi connectivity index (χ0) is 21.7. The van der Waals surface area contributed by atoms with Gasteiger partial charge in [-0.1, -0.05) is 17.7 Å². The maximum Gasteiger partial charge on any atom is 0.283 e. The normalized spacial score (nSPS) is 19.9. The lowest BCUT2D eigenvalue weighted by atomic mass is 10.1. The third-order valence-electron chi connectivity index (χ3n) is 5.88. The summed E-state index contributed by atoms with van der Waals surface area (Å²) in [6, 6.07) is 10.4. The number of hydrogen-bond acceptors (Lipinski definition) is 5. The maximum absolute atomic E-state index is 12.8. The second kappa shape index (κ2) is 7.53. The number of aromatic nitrogens is 1. The van der Waals surface area contributed by atoms with E-state index in [1.54, 1.807) is 6.08 Å². The van der Waals surface area contributed by atoms with Gasteiger partial charge in [-0.3, -0.25) is 10.2 Å². The lowest BCUT2D eigenvalue weighted by molar-refractivity contribution is -0.114. The summed E-state index contributed by atoms with van der Waals surface area (Å²) < 4.78 is 2.16. The molecule has 1 amide bonds. The number of aliphatic imine (C=N–C) groups is 1. The summed E-state index contributed by atoms with van der Waals surface area (Å²) in [5.41, 5.74) is 5.53. The van der Waals surface area contributed by atoms with Gasteiger partial charge in [0.05, 0.1) is 5.57 Å². The first kappa shape index (κ1) is 19.8. The molecule has 0 saturated carbocycles. The predicted molar refractivity (Wildman–Crippen MR) is 126 cm³/mol. The fraction of sp³-hybridized carbons (Fsp3) is 0.304. The molecule has 4 heterocycles. The van der Waals surface area contributed by atoms with Crippen LogP contribution in [0.3, 0.4) is 0 Å². The molecule has 0 unspecified atom stereocenters. The summed E-state index contributed by atoms with van der Waals surface area (Å²) in [5.74, 6) is -0.307. The molecule has 0 spiro atoms. The fourth-order valence-corrected chi connectivity index (χ4v) is 5.14. The summed E-state index contributed by atoms with van der Waals surface area (Å²) in [4.78, 5) is 19.2. The number of aryl methyl sites for hydroxylation is 2. The Labute approximate surface area is 185 Å². The van der Waals surface area contributed by atoms with Crippen molar-refractivity contribution in [2.75, 3.05) is 13.1 Å². The van der Waals surface area contributed by atoms with E-state index < -0.39 is 0 Å². The molecule has 0 aliphatic carbocycles. The quantitative estimate of drug-likeness (QED) is 0.726. The molecule has 158 valence electrons. The van der Waals surface area contributed by atoms with Gasteiger partial charge in [-0.25, -0.2) is 0 Å². The van der Waals surface area contributed by atoms with Crippen LogP contribution in [0.4, 0.5) is 0 Å². The van der Waals surface area contributed by atoms with Crippen molar-refractivity contribution in [2.24, 2.45) is 10.1 Å². The molecule has 0 bridgehead atoms. The Kier molecular flexibility index (Phi) is 4.81. The third kappa shape index (κ3) is 3.40. The van der Waals surface area contributed by atoms with Crippen molar-refractivity contribution in [2.45, 2.75) is 33.6 Å². The van der Waals surface area contributed by atoms with E-state index in [9.17, 15) is 4.79 Å². The molecule has 1 aromatic heterocycles. The lowest BCUT2D eigenvalue weighted by Crippen LogP contribution is -2.35. The van der Waals surface area contributed by atoms with Crippen molar-refractivity contribution in [3.63, 3.8) is 0 Å². The second-order valence-corrected chi connectivity index (χ2v) is 9.03. The Bertz CT molecular complexity index is 1180. The zero-order valence-electron chi connectivity index (χ0n) is 17.8. The van der Waals surface area contributed by atoms with E-state index >= 15 is 0 Å². The van der Waals surface area contributed by atoms with Crippen LogP contribution < -0.4 is 0 Å². The molecule has 7 nitrogen and oxygen atoms in total. The van der Waals surface area contributed by atoms with Crippen molar-refractivity contribution in [1.82, 2.24) is 14.5 Å². The highest BCUT2D eigenvalue weighted by Gasteiger charge is 2.37. The van der Waals surface area contributed by atoms with Crippen molar-refractivity contribution in [1.29, 1.82) is 5.41 Å². The Hall–Kier alpha value is -3.13. The molecule has 1 N–H and O–H groups in total. The Morgan fingerprint density at radius 2 is 1.77 bits per heavy atom. The van der Waals surface area contributed by atoms with Crippen LogP contribution >= 0.6 is 11.8 Å². The number of thioether (sulfide) groups is 1. The number of nitrogens with one attached hydrogen (secondary N) is 1. The smallest absolute Gasteiger partial charge is 0.283 e. The standard InChI is InChI=1S/C23H24N6OS/c1-14-6-8-18(9-7-14)28-15(2)12-17(16(28)3)13-19-20(24)29-22(25-21(19)30)31-23(26-29)27-10-4-5-11-27/h6-9,12-13,24H,4-5,10-11H2,1-3H3/b19-13+,24-20?. The van der Waals surface area contributed by atoms with Crippen molar-refractivity contribution in [3.05, 3.63) is 58.4 Å². The number of likely N-dealkylation sites (tertiary alicyclic amines) is 1. The van der Waals surface area contributed by atoms with Gasteiger partial charge in [-0.05, 0) is 75.2 Å². The van der Waals surface area contributed by atoms with E-state index in [4.69, 9.17) is 5.41 Å². The van der Waals surface area contributed by atoms with Crippen LogP contribution in [-0.4, -0.2) is 49.6 Å². The van der Waals surface area contributed by atoms with Gasteiger partial charge in [-0.2, -0.15) is 10.0 Å². The lowest BCUT2D eigenvalue weighted by Gasteiger charge is -2.20. The van der Waals surface area contributed by atoms with Gasteiger partial charge in [0.15, 0.2) is 11.0 Å². The van der Waals surface area contributed by atoms with Crippen LogP contribution in [0.5, 0.6) is 0 Å². The minimum atomic E-state index is -0.387. The zero-order valence-corrected chi connectivity index (χ0v) is 18.7. The molecular weight excluding hydrogens is 408 g/mol.